The van der Waals surface area contributed by atoms with Crippen molar-refractivity contribution in [2.24, 2.45) is 5.92 Å². The molecule has 2 heterocycles. The summed E-state index contributed by atoms with van der Waals surface area (Å²) in [6.07, 6.45) is 2.62. The quantitative estimate of drug-likeness (QED) is 0.755. The molecule has 116 valence electrons. The van der Waals surface area contributed by atoms with E-state index in [1.807, 2.05) is 13.8 Å². The van der Waals surface area contributed by atoms with Crippen LogP contribution in [0.4, 0.5) is 4.79 Å². The Hall–Kier alpha value is -1.99. The molecule has 2 rings (SSSR count). The van der Waals surface area contributed by atoms with Crippen LogP contribution in [0.1, 0.15) is 45.9 Å². The van der Waals surface area contributed by atoms with E-state index >= 15 is 0 Å². The van der Waals surface area contributed by atoms with Gasteiger partial charge in [-0.15, -0.1) is 5.10 Å². The van der Waals surface area contributed by atoms with E-state index in [4.69, 9.17) is 0 Å². The first-order valence-electron chi connectivity index (χ1n) is 7.39. The molecule has 1 saturated heterocycles. The van der Waals surface area contributed by atoms with Crippen LogP contribution < -0.4 is 5.32 Å². The van der Waals surface area contributed by atoms with Gasteiger partial charge in [0, 0.05) is 6.54 Å². The minimum absolute atomic E-state index is 0.121. The standard InChI is InChI=1S/C13H22N6O2/c1-4-5-6-19-11(15-16-17-19)8-18-12(20)10(7-9(2)3)14-13(18)21/h9-10H,4-8H2,1-3H3,(H,14,21). The summed E-state index contributed by atoms with van der Waals surface area (Å²) < 4.78 is 1.65. The lowest BCUT2D eigenvalue weighted by Gasteiger charge is -2.13. The number of carbonyl (C=O) groups is 2. The molecule has 0 radical (unpaired) electrons. The molecule has 0 bridgehead atoms. The van der Waals surface area contributed by atoms with E-state index in [1.54, 1.807) is 4.68 Å². The van der Waals surface area contributed by atoms with Crippen molar-refractivity contribution in [1.29, 1.82) is 0 Å². The van der Waals surface area contributed by atoms with Crippen LogP contribution in [0, 0.1) is 5.92 Å². The van der Waals surface area contributed by atoms with Gasteiger partial charge in [-0.2, -0.15) is 0 Å². The lowest BCUT2D eigenvalue weighted by molar-refractivity contribution is -0.128. The average molecular weight is 294 g/mol. The van der Waals surface area contributed by atoms with Crippen molar-refractivity contribution < 1.29 is 9.59 Å². The van der Waals surface area contributed by atoms with Crippen LogP contribution in [-0.4, -0.2) is 43.1 Å². The molecular weight excluding hydrogens is 272 g/mol. The molecule has 1 aliphatic rings. The number of unbranched alkanes of at least 4 members (excludes halogenated alkanes) is 1. The van der Waals surface area contributed by atoms with Gasteiger partial charge in [-0.25, -0.2) is 9.48 Å². The van der Waals surface area contributed by atoms with E-state index in [2.05, 4.69) is 27.8 Å². The van der Waals surface area contributed by atoms with Gasteiger partial charge in [-0.3, -0.25) is 9.69 Å². The van der Waals surface area contributed by atoms with Gasteiger partial charge in [0.1, 0.15) is 6.04 Å². The number of rotatable bonds is 7. The van der Waals surface area contributed by atoms with Crippen LogP contribution >= 0.6 is 0 Å². The maximum absolute atomic E-state index is 12.3. The number of amides is 3. The SMILES string of the molecule is CCCCn1nnnc1CN1C(=O)NC(CC(C)C)C1=O. The van der Waals surface area contributed by atoms with Crippen LogP contribution in [0.15, 0.2) is 0 Å². The normalized spacial score (nSPS) is 18.7. The molecule has 0 aliphatic carbocycles. The van der Waals surface area contributed by atoms with E-state index in [-0.39, 0.29) is 18.5 Å². The van der Waals surface area contributed by atoms with Crippen molar-refractivity contribution in [3.8, 4) is 0 Å². The van der Waals surface area contributed by atoms with Gasteiger partial charge < -0.3 is 5.32 Å². The van der Waals surface area contributed by atoms with Crippen LogP contribution in [0.3, 0.4) is 0 Å². The van der Waals surface area contributed by atoms with Crippen LogP contribution in [0.2, 0.25) is 0 Å². The number of carbonyl (C=O) groups excluding carboxylic acids is 2. The molecule has 1 atom stereocenters. The third-order valence-corrected chi connectivity index (χ3v) is 3.44. The predicted molar refractivity (Wildman–Crippen MR) is 75.0 cm³/mol. The number of tetrazole rings is 1. The first kappa shape index (κ1) is 15.4. The highest BCUT2D eigenvalue weighted by molar-refractivity contribution is 6.04. The molecule has 1 aromatic rings. The molecule has 1 unspecified atom stereocenters. The van der Waals surface area contributed by atoms with Crippen molar-refractivity contribution in [1.82, 2.24) is 30.4 Å². The highest BCUT2D eigenvalue weighted by Crippen LogP contribution is 2.16. The zero-order chi connectivity index (χ0) is 15.4. The summed E-state index contributed by atoms with van der Waals surface area (Å²) in [5.41, 5.74) is 0. The molecular formula is C13H22N6O2. The fraction of sp³-hybridized carbons (Fsp3) is 0.769. The molecule has 0 saturated carbocycles. The number of nitrogens with one attached hydrogen (secondary N) is 1. The van der Waals surface area contributed by atoms with Gasteiger partial charge in [0.2, 0.25) is 0 Å². The third kappa shape index (κ3) is 3.56. The number of imide groups is 1. The Balaban J connectivity index is 2.04. The van der Waals surface area contributed by atoms with Gasteiger partial charge in [0.15, 0.2) is 5.82 Å². The number of aromatic nitrogens is 4. The van der Waals surface area contributed by atoms with E-state index in [0.717, 1.165) is 12.8 Å². The highest BCUT2D eigenvalue weighted by Gasteiger charge is 2.38. The summed E-state index contributed by atoms with van der Waals surface area (Å²) in [5, 5.41) is 14.2. The highest BCUT2D eigenvalue weighted by atomic mass is 16.2. The van der Waals surface area contributed by atoms with Crippen LogP contribution in [0.25, 0.3) is 0 Å². The van der Waals surface area contributed by atoms with E-state index in [1.165, 1.54) is 4.90 Å². The number of aryl methyl sites for hydroxylation is 1. The molecule has 1 fully saturated rings. The maximum atomic E-state index is 12.3. The molecule has 0 aromatic carbocycles. The van der Waals surface area contributed by atoms with Gasteiger partial charge >= 0.3 is 6.03 Å². The molecule has 8 heteroatoms. The Morgan fingerprint density at radius 1 is 1.33 bits per heavy atom. The topological polar surface area (TPSA) is 93.0 Å². The van der Waals surface area contributed by atoms with Crippen molar-refractivity contribution in [3.63, 3.8) is 0 Å². The Bertz CT molecular complexity index is 513. The summed E-state index contributed by atoms with van der Waals surface area (Å²) in [6.45, 7) is 6.94. The summed E-state index contributed by atoms with van der Waals surface area (Å²) in [7, 11) is 0. The van der Waals surface area contributed by atoms with E-state index < -0.39 is 6.04 Å². The fourth-order valence-corrected chi connectivity index (χ4v) is 2.32. The Kier molecular flexibility index (Phi) is 4.87. The Morgan fingerprint density at radius 2 is 2.10 bits per heavy atom. The predicted octanol–water partition coefficient (Wildman–Crippen LogP) is 0.940. The molecule has 3 amide bonds. The number of hydrogen-bond acceptors (Lipinski definition) is 5. The maximum Gasteiger partial charge on any atom is 0.325 e. The minimum atomic E-state index is -0.433. The largest absolute Gasteiger partial charge is 0.326 e. The number of urea groups is 1. The van der Waals surface area contributed by atoms with E-state index in [0.29, 0.717) is 24.7 Å². The monoisotopic (exact) mass is 294 g/mol. The Morgan fingerprint density at radius 3 is 2.76 bits per heavy atom. The summed E-state index contributed by atoms with van der Waals surface area (Å²) in [6, 6.07) is -0.798. The average Bonchev–Trinajstić information content (AvgIpc) is 2.96. The molecule has 21 heavy (non-hydrogen) atoms. The Labute approximate surface area is 123 Å². The summed E-state index contributed by atoms with van der Waals surface area (Å²) >= 11 is 0. The number of hydrogen-bond donors (Lipinski definition) is 1. The second kappa shape index (κ2) is 6.64. The van der Waals surface area contributed by atoms with Crippen molar-refractivity contribution in [3.05, 3.63) is 5.82 Å². The van der Waals surface area contributed by atoms with Crippen molar-refractivity contribution in [2.45, 2.75) is 59.2 Å². The van der Waals surface area contributed by atoms with Gasteiger partial charge in [0.05, 0.1) is 6.54 Å². The molecule has 1 N–H and O–H groups in total. The minimum Gasteiger partial charge on any atom is -0.326 e. The van der Waals surface area contributed by atoms with Crippen LogP contribution in [0.5, 0.6) is 0 Å². The summed E-state index contributed by atoms with van der Waals surface area (Å²) in [5.74, 6) is 0.685. The molecule has 1 aromatic heterocycles. The zero-order valence-corrected chi connectivity index (χ0v) is 12.7. The molecule has 8 nitrogen and oxygen atoms in total. The van der Waals surface area contributed by atoms with Crippen molar-refractivity contribution in [2.75, 3.05) is 0 Å². The molecule has 0 spiro atoms. The van der Waals surface area contributed by atoms with Gasteiger partial charge in [-0.1, -0.05) is 27.2 Å². The third-order valence-electron chi connectivity index (χ3n) is 3.44. The van der Waals surface area contributed by atoms with E-state index in [9.17, 15) is 9.59 Å². The second-order valence-corrected chi connectivity index (χ2v) is 5.73. The summed E-state index contributed by atoms with van der Waals surface area (Å²) in [4.78, 5) is 25.4. The van der Waals surface area contributed by atoms with Gasteiger partial charge in [-0.05, 0) is 29.2 Å². The fourth-order valence-electron chi connectivity index (χ4n) is 2.32. The lowest BCUT2D eigenvalue weighted by Crippen LogP contribution is -2.32. The molecule has 1 aliphatic heterocycles. The first-order chi connectivity index (χ1) is 10.0. The first-order valence-corrected chi connectivity index (χ1v) is 7.39. The second-order valence-electron chi connectivity index (χ2n) is 5.73. The van der Waals surface area contributed by atoms with Crippen LogP contribution in [-0.2, 0) is 17.9 Å². The lowest BCUT2D eigenvalue weighted by atomic mass is 10.0. The number of nitrogens with zero attached hydrogens (tertiary/aromatic N) is 5. The van der Waals surface area contributed by atoms with Crippen molar-refractivity contribution >= 4 is 11.9 Å². The smallest absolute Gasteiger partial charge is 0.325 e. The zero-order valence-electron chi connectivity index (χ0n) is 12.7. The van der Waals surface area contributed by atoms with Gasteiger partial charge in [0.25, 0.3) is 5.91 Å².